The number of rotatable bonds is 7. The van der Waals surface area contributed by atoms with E-state index < -0.39 is 0 Å². The van der Waals surface area contributed by atoms with Gasteiger partial charge in [-0.05, 0) is 48.9 Å². The fraction of sp³-hybridized carbons (Fsp3) is 0.167. The van der Waals surface area contributed by atoms with Gasteiger partial charge in [-0.3, -0.25) is 14.3 Å². The fourth-order valence-corrected chi connectivity index (χ4v) is 4.30. The maximum atomic E-state index is 12.7. The molecule has 0 saturated carbocycles. The van der Waals surface area contributed by atoms with Gasteiger partial charge in [0.15, 0.2) is 22.5 Å². The minimum absolute atomic E-state index is 0.101. The Morgan fingerprint density at radius 3 is 2.76 bits per heavy atom. The summed E-state index contributed by atoms with van der Waals surface area (Å²) in [5.41, 5.74) is 2.71. The zero-order valence-corrected chi connectivity index (χ0v) is 18.7. The van der Waals surface area contributed by atoms with Crippen LogP contribution in [0.4, 0.5) is 0 Å². The number of aromatic nitrogens is 4. The molecule has 8 nitrogen and oxygen atoms in total. The Balaban J connectivity index is 1.31. The number of nitrogens with one attached hydrogen (secondary N) is 1. The molecule has 3 heterocycles. The molecule has 4 aromatic rings. The lowest BCUT2D eigenvalue weighted by Gasteiger charge is -2.15. The minimum atomic E-state index is -0.175. The van der Waals surface area contributed by atoms with E-state index in [9.17, 15) is 4.79 Å². The highest BCUT2D eigenvalue weighted by Gasteiger charge is 2.19. The first kappa shape index (κ1) is 21.0. The number of amides is 1. The molecule has 1 N–H and O–H groups in total. The van der Waals surface area contributed by atoms with Gasteiger partial charge < -0.3 is 14.8 Å². The van der Waals surface area contributed by atoms with Crippen LogP contribution in [0.2, 0.25) is 0 Å². The highest BCUT2D eigenvalue weighted by molar-refractivity contribution is 7.99. The lowest BCUT2D eigenvalue weighted by atomic mass is 10.1. The second-order valence-electron chi connectivity index (χ2n) is 7.41. The highest BCUT2D eigenvalue weighted by atomic mass is 32.2. The molecule has 2 aromatic carbocycles. The van der Waals surface area contributed by atoms with Crippen molar-refractivity contribution in [3.8, 4) is 28.6 Å². The number of fused-ring (bicyclic) bond motifs is 1. The number of nitrogens with zero attached hydrogens (tertiary/aromatic N) is 4. The van der Waals surface area contributed by atoms with E-state index in [1.165, 1.54) is 11.8 Å². The number of benzene rings is 2. The van der Waals surface area contributed by atoms with E-state index in [1.807, 2.05) is 72.2 Å². The molecular weight excluding hydrogens is 438 g/mol. The molecule has 0 radical (unpaired) electrons. The van der Waals surface area contributed by atoms with Gasteiger partial charge in [-0.25, -0.2) is 0 Å². The first-order chi connectivity index (χ1) is 16.2. The summed E-state index contributed by atoms with van der Waals surface area (Å²) in [5.74, 6) is 2.19. The number of para-hydroxylation sites is 1. The number of pyridine rings is 1. The molecule has 0 fully saturated rings. The third kappa shape index (κ3) is 4.54. The topological polar surface area (TPSA) is 91.2 Å². The second kappa shape index (κ2) is 9.33. The van der Waals surface area contributed by atoms with E-state index >= 15 is 0 Å². The quantitative estimate of drug-likeness (QED) is 0.417. The Labute approximate surface area is 195 Å². The SMILES string of the molecule is C[C@@H](NC(=O)CSc1nnc(-c2cccnc2)n1-c1ccccc1)c1ccc2c(c1)OCO2. The Bertz CT molecular complexity index is 1260. The molecule has 1 aliphatic heterocycles. The number of carbonyl (C=O) groups excluding carboxylic acids is 1. The normalized spacial score (nSPS) is 13.0. The third-order valence-corrected chi connectivity index (χ3v) is 6.10. The Hall–Kier alpha value is -3.85. The molecule has 2 aromatic heterocycles. The Morgan fingerprint density at radius 2 is 1.94 bits per heavy atom. The van der Waals surface area contributed by atoms with E-state index in [0.717, 1.165) is 22.6 Å². The summed E-state index contributed by atoms with van der Waals surface area (Å²) in [6, 6.07) is 19.1. The Kier molecular flexibility index (Phi) is 5.95. The average molecular weight is 460 g/mol. The summed E-state index contributed by atoms with van der Waals surface area (Å²) in [6.07, 6.45) is 3.46. The van der Waals surface area contributed by atoms with E-state index in [0.29, 0.717) is 16.7 Å². The maximum absolute atomic E-state index is 12.7. The number of ether oxygens (including phenoxy) is 2. The van der Waals surface area contributed by atoms with Crippen LogP contribution in [0.5, 0.6) is 11.5 Å². The monoisotopic (exact) mass is 459 g/mol. The molecule has 0 aliphatic carbocycles. The largest absolute Gasteiger partial charge is 0.454 e. The molecule has 0 saturated heterocycles. The molecule has 5 rings (SSSR count). The molecule has 0 unspecified atom stereocenters. The number of hydrogen-bond acceptors (Lipinski definition) is 7. The van der Waals surface area contributed by atoms with Crippen LogP contribution < -0.4 is 14.8 Å². The summed E-state index contributed by atoms with van der Waals surface area (Å²) >= 11 is 1.33. The van der Waals surface area contributed by atoms with Crippen molar-refractivity contribution in [2.24, 2.45) is 0 Å². The van der Waals surface area contributed by atoms with Crippen LogP contribution in [0, 0.1) is 0 Å². The van der Waals surface area contributed by atoms with Crippen molar-refractivity contribution < 1.29 is 14.3 Å². The maximum Gasteiger partial charge on any atom is 0.231 e. The summed E-state index contributed by atoms with van der Waals surface area (Å²) in [6.45, 7) is 2.16. The highest BCUT2D eigenvalue weighted by Crippen LogP contribution is 2.34. The van der Waals surface area contributed by atoms with Crippen LogP contribution in [-0.2, 0) is 4.79 Å². The second-order valence-corrected chi connectivity index (χ2v) is 8.35. The van der Waals surface area contributed by atoms with Gasteiger partial charge in [0.1, 0.15) is 0 Å². The predicted octanol–water partition coefficient (Wildman–Crippen LogP) is 4.03. The van der Waals surface area contributed by atoms with Crippen molar-refractivity contribution in [2.75, 3.05) is 12.5 Å². The number of thioether (sulfide) groups is 1. The van der Waals surface area contributed by atoms with Gasteiger partial charge in [-0.2, -0.15) is 0 Å². The van der Waals surface area contributed by atoms with Crippen molar-refractivity contribution in [3.63, 3.8) is 0 Å². The van der Waals surface area contributed by atoms with Crippen molar-refractivity contribution >= 4 is 17.7 Å². The number of carbonyl (C=O) groups is 1. The summed E-state index contributed by atoms with van der Waals surface area (Å²) in [7, 11) is 0. The molecule has 1 aliphatic rings. The minimum Gasteiger partial charge on any atom is -0.454 e. The summed E-state index contributed by atoms with van der Waals surface area (Å²) < 4.78 is 12.7. The molecule has 33 heavy (non-hydrogen) atoms. The molecule has 1 amide bonds. The van der Waals surface area contributed by atoms with Crippen molar-refractivity contribution in [3.05, 3.63) is 78.6 Å². The molecule has 0 bridgehead atoms. The van der Waals surface area contributed by atoms with E-state index in [2.05, 4.69) is 20.5 Å². The van der Waals surface area contributed by atoms with Gasteiger partial charge in [0, 0.05) is 23.6 Å². The standard InChI is InChI=1S/C24H21N5O3S/c1-16(17-9-10-20-21(12-17)32-15-31-20)26-22(30)14-33-24-28-27-23(18-6-5-11-25-13-18)29(24)19-7-3-2-4-8-19/h2-13,16H,14-15H2,1H3,(H,26,30)/t16-/m1/s1. The third-order valence-electron chi connectivity index (χ3n) is 5.17. The van der Waals surface area contributed by atoms with E-state index in [1.54, 1.807) is 12.4 Å². The van der Waals surface area contributed by atoms with E-state index in [-0.39, 0.29) is 24.5 Å². The van der Waals surface area contributed by atoms with Gasteiger partial charge >= 0.3 is 0 Å². The lowest BCUT2D eigenvalue weighted by Crippen LogP contribution is -2.28. The van der Waals surface area contributed by atoms with Crippen molar-refractivity contribution in [1.82, 2.24) is 25.1 Å². The van der Waals surface area contributed by atoms with Crippen LogP contribution in [0.25, 0.3) is 17.1 Å². The molecule has 166 valence electrons. The smallest absolute Gasteiger partial charge is 0.231 e. The van der Waals surface area contributed by atoms with Crippen LogP contribution in [0.3, 0.4) is 0 Å². The van der Waals surface area contributed by atoms with Crippen LogP contribution in [0.1, 0.15) is 18.5 Å². The van der Waals surface area contributed by atoms with Crippen LogP contribution in [-0.4, -0.2) is 38.2 Å². The lowest BCUT2D eigenvalue weighted by molar-refractivity contribution is -0.119. The fourth-order valence-electron chi connectivity index (χ4n) is 3.53. The average Bonchev–Trinajstić information content (AvgIpc) is 3.50. The first-order valence-corrected chi connectivity index (χ1v) is 11.4. The van der Waals surface area contributed by atoms with Gasteiger partial charge in [0.05, 0.1) is 11.8 Å². The predicted molar refractivity (Wildman–Crippen MR) is 124 cm³/mol. The Morgan fingerprint density at radius 1 is 1.09 bits per heavy atom. The van der Waals surface area contributed by atoms with Crippen LogP contribution in [0.15, 0.2) is 78.2 Å². The van der Waals surface area contributed by atoms with Gasteiger partial charge in [-0.1, -0.05) is 36.0 Å². The number of hydrogen-bond donors (Lipinski definition) is 1. The van der Waals surface area contributed by atoms with Gasteiger partial charge in [-0.15, -0.1) is 10.2 Å². The zero-order chi connectivity index (χ0) is 22.6. The van der Waals surface area contributed by atoms with E-state index in [4.69, 9.17) is 9.47 Å². The molecule has 1 atom stereocenters. The first-order valence-electron chi connectivity index (χ1n) is 10.4. The molecular formula is C24H21N5O3S. The van der Waals surface area contributed by atoms with Crippen molar-refractivity contribution in [1.29, 1.82) is 0 Å². The summed E-state index contributed by atoms with van der Waals surface area (Å²) in [4.78, 5) is 16.9. The zero-order valence-electron chi connectivity index (χ0n) is 17.8. The molecule has 0 spiro atoms. The summed E-state index contributed by atoms with van der Waals surface area (Å²) in [5, 5.41) is 12.4. The van der Waals surface area contributed by atoms with Gasteiger partial charge in [0.25, 0.3) is 0 Å². The van der Waals surface area contributed by atoms with Gasteiger partial charge in [0.2, 0.25) is 12.7 Å². The molecule has 9 heteroatoms. The van der Waals surface area contributed by atoms with Crippen LogP contribution >= 0.6 is 11.8 Å². The van der Waals surface area contributed by atoms with Crippen molar-refractivity contribution in [2.45, 2.75) is 18.1 Å².